The van der Waals surface area contributed by atoms with Crippen LogP contribution in [-0.4, -0.2) is 9.13 Å². The average Bonchev–Trinajstić information content (AvgIpc) is 3.63. The minimum Gasteiger partial charge on any atom is -0.320 e. The van der Waals surface area contributed by atoms with Gasteiger partial charge in [0.2, 0.25) is 0 Å². The summed E-state index contributed by atoms with van der Waals surface area (Å²) in [5.74, 6) is 0. The molecule has 2 heteroatoms. The van der Waals surface area contributed by atoms with Crippen LogP contribution in [0.5, 0.6) is 0 Å². The van der Waals surface area contributed by atoms with E-state index >= 15 is 0 Å². The van der Waals surface area contributed by atoms with Gasteiger partial charge < -0.3 is 9.13 Å². The smallest absolute Gasteiger partial charge is 0.0605 e. The van der Waals surface area contributed by atoms with E-state index < -0.39 is 0 Å². The molecule has 0 saturated carbocycles. The number of nitrogens with zero attached hydrogens (tertiary/aromatic N) is 2. The lowest BCUT2D eigenvalue weighted by Crippen LogP contribution is -1.98. The van der Waals surface area contributed by atoms with Crippen LogP contribution in [0.1, 0.15) is 32.3 Å². The minimum atomic E-state index is 1.06. The summed E-state index contributed by atoms with van der Waals surface area (Å²) in [4.78, 5) is 0. The summed E-state index contributed by atoms with van der Waals surface area (Å²) in [5.41, 5.74) is 11.3. The van der Waals surface area contributed by atoms with Gasteiger partial charge in [0.15, 0.2) is 0 Å². The lowest BCUT2D eigenvalue weighted by Gasteiger charge is -2.15. The van der Waals surface area contributed by atoms with Crippen molar-refractivity contribution in [2.45, 2.75) is 26.7 Å². The Balaban J connectivity index is 1.47. The zero-order valence-electron chi connectivity index (χ0n) is 24.0. The molecule has 0 amide bonds. The largest absolute Gasteiger partial charge is 0.320 e. The molecule has 0 fully saturated rings. The van der Waals surface area contributed by atoms with Gasteiger partial charge in [-0.05, 0) is 96.8 Å². The highest BCUT2D eigenvalue weighted by atomic mass is 15.0. The second-order valence-corrected chi connectivity index (χ2v) is 11.4. The minimum absolute atomic E-state index is 1.06. The molecule has 7 aromatic rings. The fraction of sp³-hybridized carbons (Fsp3) is 0.100. The molecular formula is C40H32N2. The SMILES string of the molecule is C/C=C\C=C(/C)c1cc(-c2ccccc2)cc(-n2c3cccc4ccc5c(c43)c2cc2ccn(C3=CC=CCC3)c25)c1. The summed E-state index contributed by atoms with van der Waals surface area (Å²) in [6.45, 7) is 4.27. The van der Waals surface area contributed by atoms with Gasteiger partial charge >= 0.3 is 0 Å². The number of hydrogen-bond donors (Lipinski definition) is 0. The van der Waals surface area contributed by atoms with Crippen LogP contribution >= 0.6 is 0 Å². The van der Waals surface area contributed by atoms with Gasteiger partial charge in [-0.25, -0.2) is 0 Å². The summed E-state index contributed by atoms with van der Waals surface area (Å²) in [6.07, 6.45) is 17.5. The predicted octanol–water partition coefficient (Wildman–Crippen LogP) is 11.2. The molecule has 2 aromatic heterocycles. The standard InChI is InChI=1S/C40H32N2/c1-3-4-12-27(2)31-23-32(28-13-7-5-8-14-28)25-34(24-31)42-36-18-11-15-29-19-20-35-39(38(29)36)37(42)26-30-21-22-41(40(30)35)33-16-9-6-10-17-33/h3-9,11-16,18-26H,10,17H2,1-2H3/b4-3-,27-12+. The van der Waals surface area contributed by atoms with E-state index in [0.29, 0.717) is 0 Å². The van der Waals surface area contributed by atoms with Gasteiger partial charge in [-0.15, -0.1) is 0 Å². The highest BCUT2D eigenvalue weighted by Crippen LogP contribution is 2.43. The van der Waals surface area contributed by atoms with Gasteiger partial charge in [-0.1, -0.05) is 85.0 Å². The van der Waals surface area contributed by atoms with Crippen LogP contribution in [0.4, 0.5) is 0 Å². The number of fused-ring (bicyclic) bond motifs is 2. The Morgan fingerprint density at radius 3 is 2.52 bits per heavy atom. The van der Waals surface area contributed by atoms with E-state index in [1.165, 1.54) is 77.1 Å². The Labute approximate surface area is 246 Å². The van der Waals surface area contributed by atoms with E-state index in [4.69, 9.17) is 0 Å². The normalized spacial score (nSPS) is 14.3. The highest BCUT2D eigenvalue weighted by molar-refractivity contribution is 6.29. The third kappa shape index (κ3) is 3.79. The molecule has 42 heavy (non-hydrogen) atoms. The van der Waals surface area contributed by atoms with Crippen molar-refractivity contribution in [3.8, 4) is 16.8 Å². The second kappa shape index (κ2) is 9.78. The van der Waals surface area contributed by atoms with Gasteiger partial charge in [-0.2, -0.15) is 0 Å². The average molecular weight is 541 g/mol. The first kappa shape index (κ1) is 24.7. The number of benzene rings is 5. The summed E-state index contributed by atoms with van der Waals surface area (Å²) in [7, 11) is 0. The molecule has 0 saturated heterocycles. The maximum Gasteiger partial charge on any atom is 0.0605 e. The van der Waals surface area contributed by atoms with Gasteiger partial charge in [0.1, 0.15) is 0 Å². The van der Waals surface area contributed by atoms with Crippen molar-refractivity contribution in [3.63, 3.8) is 0 Å². The van der Waals surface area contributed by atoms with Gasteiger partial charge in [0.05, 0.1) is 16.6 Å². The quantitative estimate of drug-likeness (QED) is 0.152. The second-order valence-electron chi connectivity index (χ2n) is 11.4. The Morgan fingerprint density at radius 1 is 0.786 bits per heavy atom. The van der Waals surface area contributed by atoms with Crippen molar-refractivity contribution in [3.05, 3.63) is 139 Å². The van der Waals surface area contributed by atoms with Crippen LogP contribution in [-0.2, 0) is 0 Å². The third-order valence-electron chi connectivity index (χ3n) is 8.80. The fourth-order valence-corrected chi connectivity index (χ4v) is 6.79. The van der Waals surface area contributed by atoms with Crippen molar-refractivity contribution in [2.24, 2.45) is 0 Å². The summed E-state index contributed by atoms with van der Waals surface area (Å²) >= 11 is 0. The van der Waals surface area contributed by atoms with Crippen molar-refractivity contribution < 1.29 is 0 Å². The van der Waals surface area contributed by atoms with Gasteiger partial charge in [-0.3, -0.25) is 0 Å². The van der Waals surface area contributed by atoms with Crippen LogP contribution in [0.15, 0.2) is 134 Å². The van der Waals surface area contributed by atoms with E-state index in [2.05, 4.69) is 157 Å². The Morgan fingerprint density at radius 2 is 1.69 bits per heavy atom. The molecule has 2 nitrogen and oxygen atoms in total. The van der Waals surface area contributed by atoms with Crippen LogP contribution < -0.4 is 0 Å². The molecule has 0 bridgehead atoms. The molecule has 1 aliphatic rings. The third-order valence-corrected chi connectivity index (χ3v) is 8.80. The zero-order chi connectivity index (χ0) is 28.2. The van der Waals surface area contributed by atoms with E-state index in [1.807, 2.05) is 0 Å². The van der Waals surface area contributed by atoms with E-state index in [0.717, 1.165) is 12.8 Å². The van der Waals surface area contributed by atoms with Crippen LogP contribution in [0.25, 0.3) is 71.6 Å². The van der Waals surface area contributed by atoms with Crippen molar-refractivity contribution in [2.75, 3.05) is 0 Å². The van der Waals surface area contributed by atoms with Gasteiger partial charge in [0, 0.05) is 39.1 Å². The van der Waals surface area contributed by atoms with E-state index in [-0.39, 0.29) is 0 Å². The highest BCUT2D eigenvalue weighted by Gasteiger charge is 2.21. The number of rotatable bonds is 5. The molecule has 0 radical (unpaired) electrons. The molecule has 2 heterocycles. The fourth-order valence-electron chi connectivity index (χ4n) is 6.79. The van der Waals surface area contributed by atoms with E-state index in [1.54, 1.807) is 0 Å². The molecule has 0 N–H and O–H groups in total. The molecule has 0 unspecified atom stereocenters. The first-order valence-electron chi connectivity index (χ1n) is 14.9. The number of hydrogen-bond acceptors (Lipinski definition) is 0. The molecule has 202 valence electrons. The molecule has 1 aliphatic carbocycles. The number of aromatic nitrogens is 2. The molecule has 5 aromatic carbocycles. The number of allylic oxidation sites excluding steroid dienone is 8. The topological polar surface area (TPSA) is 9.86 Å². The molecule has 8 rings (SSSR count). The first-order valence-corrected chi connectivity index (χ1v) is 14.9. The van der Waals surface area contributed by atoms with Crippen molar-refractivity contribution in [1.82, 2.24) is 9.13 Å². The monoisotopic (exact) mass is 540 g/mol. The lowest BCUT2D eigenvalue weighted by molar-refractivity contribution is 0.965. The van der Waals surface area contributed by atoms with Crippen molar-refractivity contribution in [1.29, 1.82) is 0 Å². The Bertz CT molecular complexity index is 2250. The van der Waals surface area contributed by atoms with E-state index in [9.17, 15) is 0 Å². The van der Waals surface area contributed by atoms with Crippen LogP contribution in [0, 0.1) is 0 Å². The molecule has 0 atom stereocenters. The zero-order valence-corrected chi connectivity index (χ0v) is 24.0. The lowest BCUT2D eigenvalue weighted by atomic mass is 9.98. The first-order chi connectivity index (χ1) is 20.7. The van der Waals surface area contributed by atoms with Crippen molar-refractivity contribution >= 4 is 54.8 Å². The van der Waals surface area contributed by atoms with Crippen LogP contribution in [0.3, 0.4) is 0 Å². The Hall–Kier alpha value is -5.08. The maximum absolute atomic E-state index is 2.49. The summed E-state index contributed by atoms with van der Waals surface area (Å²) in [5, 5.41) is 6.55. The Kier molecular flexibility index (Phi) is 5.75. The molecular weight excluding hydrogens is 508 g/mol. The van der Waals surface area contributed by atoms with Gasteiger partial charge in [0.25, 0.3) is 0 Å². The van der Waals surface area contributed by atoms with Crippen LogP contribution in [0.2, 0.25) is 0 Å². The summed E-state index contributed by atoms with van der Waals surface area (Å²) in [6, 6.07) is 33.8. The molecule has 0 spiro atoms. The predicted molar refractivity (Wildman–Crippen MR) is 182 cm³/mol. The molecule has 0 aliphatic heterocycles. The maximum atomic E-state index is 2.49. The summed E-state index contributed by atoms with van der Waals surface area (Å²) < 4.78 is 4.90.